The fourth-order valence-electron chi connectivity index (χ4n) is 3.75. The lowest BCUT2D eigenvalue weighted by Crippen LogP contribution is -2.09. The number of para-hydroxylation sites is 1. The molecule has 0 amide bonds. The Bertz CT molecular complexity index is 1130. The molecule has 5 rings (SSSR count). The molecule has 0 radical (unpaired) electrons. The molecule has 28 heavy (non-hydrogen) atoms. The molecular formula is C21H19ClN6. The van der Waals surface area contributed by atoms with Crippen molar-refractivity contribution in [2.24, 2.45) is 0 Å². The van der Waals surface area contributed by atoms with Gasteiger partial charge in [0.15, 0.2) is 5.15 Å². The second kappa shape index (κ2) is 7.22. The van der Waals surface area contributed by atoms with Crippen LogP contribution in [0.25, 0.3) is 17.0 Å². The Labute approximate surface area is 167 Å². The molecule has 0 spiro atoms. The van der Waals surface area contributed by atoms with Gasteiger partial charge in [-0.3, -0.25) is 4.40 Å². The van der Waals surface area contributed by atoms with Gasteiger partial charge in [0.1, 0.15) is 11.3 Å². The molecule has 1 aromatic carbocycles. The first-order valence-corrected chi connectivity index (χ1v) is 9.70. The van der Waals surface area contributed by atoms with Crippen molar-refractivity contribution in [3.63, 3.8) is 0 Å². The van der Waals surface area contributed by atoms with Crippen molar-refractivity contribution in [2.45, 2.75) is 12.3 Å². The van der Waals surface area contributed by atoms with Gasteiger partial charge >= 0.3 is 0 Å². The third-order valence-electron chi connectivity index (χ3n) is 5.09. The van der Waals surface area contributed by atoms with Gasteiger partial charge < -0.3 is 10.6 Å². The lowest BCUT2D eigenvalue weighted by atomic mass is 9.96. The molecule has 1 unspecified atom stereocenters. The van der Waals surface area contributed by atoms with Gasteiger partial charge in [0, 0.05) is 24.6 Å². The first-order valence-electron chi connectivity index (χ1n) is 9.32. The van der Waals surface area contributed by atoms with E-state index >= 15 is 0 Å². The molecule has 140 valence electrons. The van der Waals surface area contributed by atoms with Crippen molar-refractivity contribution in [1.29, 1.82) is 0 Å². The third-order valence-corrected chi connectivity index (χ3v) is 5.36. The number of benzene rings is 1. The summed E-state index contributed by atoms with van der Waals surface area (Å²) in [4.78, 5) is 13.5. The maximum absolute atomic E-state index is 6.41. The summed E-state index contributed by atoms with van der Waals surface area (Å²) >= 11 is 6.41. The van der Waals surface area contributed by atoms with Gasteiger partial charge in [0.05, 0.1) is 5.69 Å². The zero-order chi connectivity index (χ0) is 18.9. The van der Waals surface area contributed by atoms with E-state index in [1.807, 2.05) is 40.9 Å². The van der Waals surface area contributed by atoms with Gasteiger partial charge in [-0.25, -0.2) is 15.0 Å². The van der Waals surface area contributed by atoms with Crippen LogP contribution < -0.4 is 10.6 Å². The lowest BCUT2D eigenvalue weighted by Gasteiger charge is -2.15. The molecule has 1 aliphatic heterocycles. The number of halogens is 1. The first kappa shape index (κ1) is 17.2. The second-order valence-electron chi connectivity index (χ2n) is 6.85. The smallest absolute Gasteiger partial charge is 0.227 e. The van der Waals surface area contributed by atoms with E-state index in [1.165, 1.54) is 5.56 Å². The molecule has 0 bridgehead atoms. The van der Waals surface area contributed by atoms with Crippen LogP contribution >= 0.6 is 11.6 Å². The molecule has 7 heteroatoms. The normalized spacial score (nSPS) is 16.5. The Morgan fingerprint density at radius 3 is 2.86 bits per heavy atom. The van der Waals surface area contributed by atoms with E-state index in [1.54, 1.807) is 6.20 Å². The number of hydrogen-bond acceptors (Lipinski definition) is 5. The molecule has 0 saturated carbocycles. The van der Waals surface area contributed by atoms with Crippen molar-refractivity contribution in [3.8, 4) is 11.4 Å². The van der Waals surface area contributed by atoms with Crippen LogP contribution in [0.15, 0.2) is 60.9 Å². The first-order chi connectivity index (χ1) is 13.8. The number of hydrogen-bond donors (Lipinski definition) is 2. The van der Waals surface area contributed by atoms with E-state index in [9.17, 15) is 0 Å². The summed E-state index contributed by atoms with van der Waals surface area (Å²) in [5, 5.41) is 7.25. The van der Waals surface area contributed by atoms with Crippen molar-refractivity contribution < 1.29 is 0 Å². The van der Waals surface area contributed by atoms with E-state index in [4.69, 9.17) is 16.6 Å². The number of anilines is 2. The summed E-state index contributed by atoms with van der Waals surface area (Å²) < 4.78 is 1.94. The molecule has 1 fully saturated rings. The zero-order valence-corrected chi connectivity index (χ0v) is 15.9. The monoisotopic (exact) mass is 390 g/mol. The van der Waals surface area contributed by atoms with E-state index in [0.29, 0.717) is 17.0 Å². The van der Waals surface area contributed by atoms with Gasteiger partial charge in [-0.15, -0.1) is 0 Å². The summed E-state index contributed by atoms with van der Waals surface area (Å²) in [6.07, 6.45) is 4.81. The van der Waals surface area contributed by atoms with Gasteiger partial charge in [-0.1, -0.05) is 35.9 Å². The Balaban J connectivity index is 1.51. The van der Waals surface area contributed by atoms with E-state index < -0.39 is 0 Å². The van der Waals surface area contributed by atoms with Gasteiger partial charge in [-0.05, 0) is 48.7 Å². The van der Waals surface area contributed by atoms with Gasteiger partial charge in [0.25, 0.3) is 0 Å². The summed E-state index contributed by atoms with van der Waals surface area (Å²) in [5.41, 5.74) is 4.60. The quantitative estimate of drug-likeness (QED) is 0.544. The average Bonchev–Trinajstić information content (AvgIpc) is 3.36. The molecule has 1 atom stereocenters. The van der Waals surface area contributed by atoms with Crippen molar-refractivity contribution >= 4 is 28.9 Å². The number of pyridine rings is 1. The predicted molar refractivity (Wildman–Crippen MR) is 111 cm³/mol. The minimum Gasteiger partial charge on any atom is -0.324 e. The highest BCUT2D eigenvalue weighted by Crippen LogP contribution is 2.31. The zero-order valence-electron chi connectivity index (χ0n) is 15.1. The van der Waals surface area contributed by atoms with E-state index in [2.05, 4.69) is 38.8 Å². The largest absolute Gasteiger partial charge is 0.324 e. The number of fused-ring (bicyclic) bond motifs is 1. The van der Waals surface area contributed by atoms with Crippen molar-refractivity contribution in [2.75, 3.05) is 18.4 Å². The molecule has 4 heterocycles. The second-order valence-corrected chi connectivity index (χ2v) is 7.21. The Morgan fingerprint density at radius 1 is 1.07 bits per heavy atom. The number of rotatable bonds is 4. The minimum absolute atomic E-state index is 0.424. The van der Waals surface area contributed by atoms with Crippen LogP contribution in [0.4, 0.5) is 11.6 Å². The average molecular weight is 391 g/mol. The van der Waals surface area contributed by atoms with E-state index in [-0.39, 0.29) is 0 Å². The molecule has 1 aliphatic rings. The highest BCUT2D eigenvalue weighted by molar-refractivity contribution is 6.32. The van der Waals surface area contributed by atoms with E-state index in [0.717, 1.165) is 42.2 Å². The predicted octanol–water partition coefficient (Wildman–Crippen LogP) is 4.27. The van der Waals surface area contributed by atoms with Crippen LogP contribution in [-0.2, 0) is 0 Å². The van der Waals surface area contributed by atoms with Crippen LogP contribution in [-0.4, -0.2) is 32.4 Å². The van der Waals surface area contributed by atoms with Gasteiger partial charge in [-0.2, -0.15) is 0 Å². The summed E-state index contributed by atoms with van der Waals surface area (Å²) in [6.45, 7) is 2.05. The highest BCUT2D eigenvalue weighted by Gasteiger charge is 2.20. The Morgan fingerprint density at radius 2 is 1.96 bits per heavy atom. The van der Waals surface area contributed by atoms with Crippen molar-refractivity contribution in [3.05, 3.63) is 71.6 Å². The number of nitrogens with one attached hydrogen (secondary N) is 2. The van der Waals surface area contributed by atoms with Gasteiger partial charge in [0.2, 0.25) is 5.95 Å². The highest BCUT2D eigenvalue weighted by atomic mass is 35.5. The Kier molecular flexibility index (Phi) is 4.43. The third kappa shape index (κ3) is 3.10. The summed E-state index contributed by atoms with van der Waals surface area (Å²) in [7, 11) is 0. The minimum atomic E-state index is 0.424. The number of nitrogens with zero attached hydrogens (tertiary/aromatic N) is 4. The van der Waals surface area contributed by atoms with Crippen LogP contribution in [0.2, 0.25) is 5.15 Å². The van der Waals surface area contributed by atoms with Crippen LogP contribution in [0.5, 0.6) is 0 Å². The Hall–Kier alpha value is -2.96. The maximum atomic E-state index is 6.41. The summed E-state index contributed by atoms with van der Waals surface area (Å²) in [5.74, 6) is 1.04. The number of aromatic nitrogens is 4. The number of imidazole rings is 1. The maximum Gasteiger partial charge on any atom is 0.227 e. The molecule has 1 saturated heterocycles. The fraction of sp³-hybridized carbons (Fsp3) is 0.190. The lowest BCUT2D eigenvalue weighted by molar-refractivity contribution is 0.765. The molecule has 0 aliphatic carbocycles. The fourth-order valence-corrected chi connectivity index (χ4v) is 4.03. The molecule has 3 aromatic heterocycles. The van der Waals surface area contributed by atoms with Crippen LogP contribution in [0.1, 0.15) is 17.9 Å². The van der Waals surface area contributed by atoms with Crippen LogP contribution in [0, 0.1) is 0 Å². The van der Waals surface area contributed by atoms with Crippen LogP contribution in [0.3, 0.4) is 0 Å². The molecule has 2 N–H and O–H groups in total. The SMILES string of the molecule is Clc1nc2ccccn2c1-c1ccnc(Nc2ccccc2C2CCNC2)n1. The standard InChI is InChI=1S/C21H19ClN6/c22-20-19(28-12-4-3-7-18(28)27-20)17-9-11-24-21(26-17)25-16-6-2-1-5-15(16)14-8-10-23-13-14/h1-7,9,11-12,14,23H,8,10,13H2,(H,24,25,26). The molecule has 4 aromatic rings. The topological polar surface area (TPSA) is 67.1 Å². The summed E-state index contributed by atoms with van der Waals surface area (Å²) in [6, 6.07) is 16.0. The van der Waals surface area contributed by atoms with Crippen molar-refractivity contribution in [1.82, 2.24) is 24.7 Å². The molecule has 6 nitrogen and oxygen atoms in total. The molecular weight excluding hydrogens is 372 g/mol.